The van der Waals surface area contributed by atoms with Crippen molar-refractivity contribution < 1.29 is 9.53 Å². The van der Waals surface area contributed by atoms with Crippen LogP contribution < -0.4 is 21.9 Å². The number of nitrogens with zero attached hydrogens (tertiary/aromatic N) is 2. The minimum Gasteiger partial charge on any atom is -0.383 e. The van der Waals surface area contributed by atoms with Crippen molar-refractivity contribution in [3.05, 3.63) is 42.2 Å². The van der Waals surface area contributed by atoms with Gasteiger partial charge in [-0.05, 0) is 43.2 Å². The molecule has 2 aromatic heterocycles. The quantitative estimate of drug-likeness (QED) is 0.677. The average Bonchev–Trinajstić information content (AvgIpc) is 3.08. The van der Waals surface area contributed by atoms with E-state index in [1.807, 2.05) is 19.9 Å². The molecular formula is C22H32N4O4S. The molecule has 8 nitrogen and oxygen atoms in total. The highest BCUT2D eigenvalue weighted by Crippen LogP contribution is 2.30. The van der Waals surface area contributed by atoms with E-state index in [0.717, 1.165) is 25.7 Å². The van der Waals surface area contributed by atoms with Crippen LogP contribution in [0.1, 0.15) is 59.6 Å². The number of carbonyl (C=O) groups is 1. The summed E-state index contributed by atoms with van der Waals surface area (Å²) in [5, 5.41) is 0. The Morgan fingerprint density at radius 2 is 1.97 bits per heavy atom. The summed E-state index contributed by atoms with van der Waals surface area (Å²) >= 11 is 1.50. The first-order chi connectivity index (χ1) is 14.8. The minimum absolute atomic E-state index is 0.00169. The Bertz CT molecular complexity index is 1010. The number of aromatic amines is 1. The summed E-state index contributed by atoms with van der Waals surface area (Å²) in [6, 6.07) is 1.96. The summed E-state index contributed by atoms with van der Waals surface area (Å²) in [7, 11) is 1.53. The summed E-state index contributed by atoms with van der Waals surface area (Å²) in [5.74, 6) is -0.152. The van der Waals surface area contributed by atoms with Gasteiger partial charge in [0.05, 0.1) is 11.5 Å². The lowest BCUT2D eigenvalue weighted by Gasteiger charge is -2.24. The number of aryl methyl sites for hydroxylation is 2. The lowest BCUT2D eigenvalue weighted by Crippen LogP contribution is -2.42. The second-order valence-corrected chi connectivity index (χ2v) is 9.56. The Morgan fingerprint density at radius 1 is 1.26 bits per heavy atom. The molecule has 0 aromatic carbocycles. The van der Waals surface area contributed by atoms with E-state index in [2.05, 4.69) is 4.98 Å². The van der Waals surface area contributed by atoms with Gasteiger partial charge >= 0.3 is 5.69 Å². The Labute approximate surface area is 186 Å². The second kappa shape index (κ2) is 10.3. The molecule has 0 bridgehead atoms. The SMILES string of the molecule is COCCN(C(=O)c1cc2c(s1)CCCCCC2)c1c(N)n(CC(C)C)c(=O)[nH]c1=O. The molecule has 0 saturated carbocycles. The predicted octanol–water partition coefficient (Wildman–Crippen LogP) is 2.79. The molecule has 3 N–H and O–H groups in total. The van der Waals surface area contributed by atoms with Crippen molar-refractivity contribution in [3.63, 3.8) is 0 Å². The van der Waals surface area contributed by atoms with Crippen molar-refractivity contribution in [1.82, 2.24) is 9.55 Å². The summed E-state index contributed by atoms with van der Waals surface area (Å²) < 4.78 is 6.50. The van der Waals surface area contributed by atoms with Gasteiger partial charge in [-0.25, -0.2) is 4.79 Å². The standard InChI is InChI=1S/C22H32N4O4S/c1-14(2)13-26-19(23)18(20(27)24-22(26)29)25(10-11-30-3)21(28)17-12-15-8-6-4-5-7-9-16(15)31-17/h12,14H,4-11,13,23H2,1-3H3,(H,24,27,29). The van der Waals surface area contributed by atoms with Gasteiger partial charge in [0.15, 0.2) is 5.69 Å². The zero-order chi connectivity index (χ0) is 22.5. The van der Waals surface area contributed by atoms with Crippen LogP contribution in [0.4, 0.5) is 11.5 Å². The van der Waals surface area contributed by atoms with Crippen LogP contribution in [0.25, 0.3) is 0 Å². The van der Waals surface area contributed by atoms with E-state index in [1.54, 1.807) is 0 Å². The van der Waals surface area contributed by atoms with Crippen LogP contribution in [-0.2, 0) is 24.1 Å². The first-order valence-electron chi connectivity index (χ1n) is 10.9. The zero-order valence-corrected chi connectivity index (χ0v) is 19.3. The summed E-state index contributed by atoms with van der Waals surface area (Å²) in [5.41, 5.74) is 6.27. The van der Waals surface area contributed by atoms with Gasteiger partial charge in [0.2, 0.25) is 0 Å². The van der Waals surface area contributed by atoms with Crippen LogP contribution in [-0.4, -0.2) is 35.7 Å². The molecular weight excluding hydrogens is 416 g/mol. The molecule has 0 fully saturated rings. The molecule has 1 aliphatic rings. The molecule has 1 amide bonds. The molecule has 3 rings (SSSR count). The fourth-order valence-electron chi connectivity index (χ4n) is 3.96. The maximum absolute atomic E-state index is 13.5. The molecule has 0 saturated heterocycles. The van der Waals surface area contributed by atoms with E-state index >= 15 is 0 Å². The van der Waals surface area contributed by atoms with Crippen molar-refractivity contribution in [2.24, 2.45) is 5.92 Å². The number of carbonyl (C=O) groups excluding carboxylic acids is 1. The molecule has 31 heavy (non-hydrogen) atoms. The van der Waals surface area contributed by atoms with Gasteiger partial charge < -0.3 is 10.5 Å². The largest absolute Gasteiger partial charge is 0.383 e. The van der Waals surface area contributed by atoms with Crippen molar-refractivity contribution in [3.8, 4) is 0 Å². The average molecular weight is 449 g/mol. The fraction of sp³-hybridized carbons (Fsp3) is 0.591. The smallest absolute Gasteiger partial charge is 0.330 e. The second-order valence-electron chi connectivity index (χ2n) is 8.42. The van der Waals surface area contributed by atoms with Crippen molar-refractivity contribution >= 4 is 28.7 Å². The number of fused-ring (bicyclic) bond motifs is 1. The number of nitrogen functional groups attached to an aromatic ring is 1. The number of aromatic nitrogens is 2. The molecule has 0 aliphatic heterocycles. The zero-order valence-electron chi connectivity index (χ0n) is 18.5. The number of H-pyrrole nitrogens is 1. The Kier molecular flexibility index (Phi) is 7.72. The van der Waals surface area contributed by atoms with Gasteiger partial charge in [0.25, 0.3) is 11.5 Å². The van der Waals surface area contributed by atoms with Crippen LogP contribution in [0.2, 0.25) is 0 Å². The van der Waals surface area contributed by atoms with Crippen LogP contribution in [0.5, 0.6) is 0 Å². The van der Waals surface area contributed by atoms with E-state index < -0.39 is 11.2 Å². The summed E-state index contributed by atoms with van der Waals surface area (Å²) in [6.45, 7) is 4.63. The number of nitrogens with one attached hydrogen (secondary N) is 1. The third-order valence-corrected chi connectivity index (χ3v) is 6.73. The number of amides is 1. The number of hydrogen-bond donors (Lipinski definition) is 2. The Hall–Kier alpha value is -2.39. The van der Waals surface area contributed by atoms with Gasteiger partial charge in [-0.1, -0.05) is 26.7 Å². The molecule has 2 aromatic rings. The molecule has 0 radical (unpaired) electrons. The lowest BCUT2D eigenvalue weighted by molar-refractivity contribution is 0.0979. The molecule has 2 heterocycles. The first kappa shape index (κ1) is 23.3. The Morgan fingerprint density at radius 3 is 2.65 bits per heavy atom. The lowest BCUT2D eigenvalue weighted by atomic mass is 10.00. The van der Waals surface area contributed by atoms with Gasteiger partial charge in [0.1, 0.15) is 5.82 Å². The third kappa shape index (κ3) is 5.27. The van der Waals surface area contributed by atoms with Crippen molar-refractivity contribution in [2.45, 2.75) is 58.9 Å². The summed E-state index contributed by atoms with van der Waals surface area (Å²) in [6.07, 6.45) is 6.62. The van der Waals surface area contributed by atoms with E-state index in [1.165, 1.54) is 51.2 Å². The topological polar surface area (TPSA) is 110 Å². The Balaban J connectivity index is 2.05. The number of rotatable bonds is 7. The molecule has 170 valence electrons. The van der Waals surface area contributed by atoms with Gasteiger partial charge in [-0.15, -0.1) is 11.3 Å². The number of methoxy groups -OCH3 is 1. The number of ether oxygens (including phenoxy) is 1. The fourth-order valence-corrected chi connectivity index (χ4v) is 5.17. The highest BCUT2D eigenvalue weighted by Gasteiger charge is 2.27. The van der Waals surface area contributed by atoms with Crippen LogP contribution >= 0.6 is 11.3 Å². The number of anilines is 2. The first-order valence-corrected chi connectivity index (χ1v) is 11.7. The predicted molar refractivity (Wildman–Crippen MR) is 124 cm³/mol. The number of nitrogens with two attached hydrogens (primary N) is 1. The monoisotopic (exact) mass is 448 g/mol. The molecule has 0 unspecified atom stereocenters. The van der Waals surface area contributed by atoms with Gasteiger partial charge in [-0.2, -0.15) is 0 Å². The van der Waals surface area contributed by atoms with E-state index in [0.29, 0.717) is 11.4 Å². The maximum atomic E-state index is 13.5. The summed E-state index contributed by atoms with van der Waals surface area (Å²) in [4.78, 5) is 44.1. The minimum atomic E-state index is -0.665. The molecule has 9 heteroatoms. The van der Waals surface area contributed by atoms with Crippen LogP contribution in [0.3, 0.4) is 0 Å². The van der Waals surface area contributed by atoms with Crippen LogP contribution in [0, 0.1) is 5.92 Å². The number of hydrogen-bond acceptors (Lipinski definition) is 6. The molecule has 0 atom stereocenters. The normalized spacial score (nSPS) is 14.2. The number of thiophene rings is 1. The van der Waals surface area contributed by atoms with Crippen molar-refractivity contribution in [2.75, 3.05) is 30.9 Å². The van der Waals surface area contributed by atoms with E-state index in [-0.39, 0.29) is 36.5 Å². The van der Waals surface area contributed by atoms with E-state index in [9.17, 15) is 14.4 Å². The van der Waals surface area contributed by atoms with Gasteiger partial charge in [-0.3, -0.25) is 24.0 Å². The highest BCUT2D eigenvalue weighted by molar-refractivity contribution is 7.14. The molecule has 1 aliphatic carbocycles. The molecule has 0 spiro atoms. The maximum Gasteiger partial charge on any atom is 0.330 e. The third-order valence-electron chi connectivity index (χ3n) is 5.50. The van der Waals surface area contributed by atoms with E-state index in [4.69, 9.17) is 10.5 Å². The highest BCUT2D eigenvalue weighted by atomic mass is 32.1. The van der Waals surface area contributed by atoms with Gasteiger partial charge in [0, 0.05) is 25.1 Å². The van der Waals surface area contributed by atoms with Crippen LogP contribution in [0.15, 0.2) is 15.7 Å². The van der Waals surface area contributed by atoms with Crippen molar-refractivity contribution in [1.29, 1.82) is 0 Å².